The van der Waals surface area contributed by atoms with Crippen LogP contribution in [0.15, 0.2) is 29.6 Å². The van der Waals surface area contributed by atoms with Crippen molar-refractivity contribution in [3.8, 4) is 0 Å². The standard InChI is InChI=1S/C10H13N3OS/c1-15-8-2-5-12-13-10(14)9-3-6-11-7-4-9/h3-7H,2,8H2,1H3,(H,13,14). The van der Waals surface area contributed by atoms with Gasteiger partial charge in [-0.05, 0) is 30.6 Å². The number of nitrogens with zero attached hydrogens (tertiary/aromatic N) is 2. The van der Waals surface area contributed by atoms with E-state index in [9.17, 15) is 4.79 Å². The Labute approximate surface area is 93.2 Å². The first-order valence-electron chi connectivity index (χ1n) is 4.55. The van der Waals surface area contributed by atoms with Crippen LogP contribution in [0, 0.1) is 0 Å². The summed E-state index contributed by atoms with van der Waals surface area (Å²) in [6, 6.07) is 3.29. The molecule has 1 aromatic rings. The summed E-state index contributed by atoms with van der Waals surface area (Å²) < 4.78 is 0. The van der Waals surface area contributed by atoms with Crippen LogP contribution in [-0.4, -0.2) is 29.1 Å². The lowest BCUT2D eigenvalue weighted by Crippen LogP contribution is -2.17. The molecule has 80 valence electrons. The number of thioether (sulfide) groups is 1. The number of hydrazone groups is 1. The van der Waals surface area contributed by atoms with Crippen LogP contribution < -0.4 is 5.43 Å². The van der Waals surface area contributed by atoms with Gasteiger partial charge in [-0.3, -0.25) is 9.78 Å². The molecule has 1 heterocycles. The monoisotopic (exact) mass is 223 g/mol. The minimum atomic E-state index is -0.210. The van der Waals surface area contributed by atoms with Crippen LogP contribution in [0.25, 0.3) is 0 Å². The van der Waals surface area contributed by atoms with E-state index in [1.54, 1.807) is 42.5 Å². The zero-order chi connectivity index (χ0) is 10.9. The number of rotatable bonds is 5. The molecule has 0 aliphatic rings. The summed E-state index contributed by atoms with van der Waals surface area (Å²) in [5.74, 6) is 0.798. The van der Waals surface area contributed by atoms with E-state index in [0.29, 0.717) is 5.56 Å². The molecule has 4 nitrogen and oxygen atoms in total. The Morgan fingerprint density at radius 1 is 1.60 bits per heavy atom. The second kappa shape index (κ2) is 7.00. The number of nitrogens with one attached hydrogen (secondary N) is 1. The molecule has 0 fully saturated rings. The molecule has 15 heavy (non-hydrogen) atoms. The Bertz CT molecular complexity index is 327. The molecule has 0 radical (unpaired) electrons. The first-order chi connectivity index (χ1) is 7.34. The number of pyridine rings is 1. The molecule has 5 heteroatoms. The quantitative estimate of drug-likeness (QED) is 0.468. The molecular formula is C10H13N3OS. The molecular weight excluding hydrogens is 210 g/mol. The molecule has 0 saturated carbocycles. The topological polar surface area (TPSA) is 54.4 Å². The first-order valence-corrected chi connectivity index (χ1v) is 5.95. The van der Waals surface area contributed by atoms with Crippen LogP contribution >= 0.6 is 11.8 Å². The van der Waals surface area contributed by atoms with Crippen LogP contribution in [0.2, 0.25) is 0 Å². The first kappa shape index (κ1) is 11.7. The fourth-order valence-electron chi connectivity index (χ4n) is 0.907. The van der Waals surface area contributed by atoms with Gasteiger partial charge in [0.25, 0.3) is 5.91 Å². The van der Waals surface area contributed by atoms with E-state index in [2.05, 4.69) is 15.5 Å². The van der Waals surface area contributed by atoms with Crippen molar-refractivity contribution in [2.45, 2.75) is 6.42 Å². The summed E-state index contributed by atoms with van der Waals surface area (Å²) in [7, 11) is 0. The summed E-state index contributed by atoms with van der Waals surface area (Å²) in [6.45, 7) is 0. The van der Waals surface area contributed by atoms with Crippen molar-refractivity contribution in [1.82, 2.24) is 10.4 Å². The molecule has 0 bridgehead atoms. The summed E-state index contributed by atoms with van der Waals surface area (Å²) >= 11 is 1.74. The second-order valence-corrected chi connectivity index (χ2v) is 3.76. The van der Waals surface area contributed by atoms with E-state index in [1.165, 1.54) is 0 Å². The lowest BCUT2D eigenvalue weighted by molar-refractivity contribution is 0.0955. The summed E-state index contributed by atoms with van der Waals surface area (Å²) in [5, 5.41) is 3.83. The number of hydrogen-bond acceptors (Lipinski definition) is 4. The third-order valence-corrected chi connectivity index (χ3v) is 2.29. The van der Waals surface area contributed by atoms with Gasteiger partial charge in [0.05, 0.1) is 0 Å². The van der Waals surface area contributed by atoms with E-state index in [4.69, 9.17) is 0 Å². The highest BCUT2D eigenvalue weighted by Crippen LogP contribution is 1.95. The second-order valence-electron chi connectivity index (χ2n) is 2.77. The molecule has 1 rings (SSSR count). The Kier molecular flexibility index (Phi) is 5.47. The third-order valence-electron chi connectivity index (χ3n) is 1.65. The van der Waals surface area contributed by atoms with Gasteiger partial charge in [0.1, 0.15) is 0 Å². The van der Waals surface area contributed by atoms with Crippen molar-refractivity contribution in [2.24, 2.45) is 5.10 Å². The molecule has 0 aliphatic heterocycles. The van der Waals surface area contributed by atoms with Crippen molar-refractivity contribution < 1.29 is 4.79 Å². The predicted molar refractivity (Wildman–Crippen MR) is 63.2 cm³/mol. The SMILES string of the molecule is CSCCC=NNC(=O)c1ccncc1. The molecule has 1 aromatic heterocycles. The third kappa shape index (κ3) is 4.60. The average molecular weight is 223 g/mol. The van der Waals surface area contributed by atoms with Crippen LogP contribution in [0.4, 0.5) is 0 Å². The minimum Gasteiger partial charge on any atom is -0.267 e. The number of aromatic nitrogens is 1. The fourth-order valence-corrected chi connectivity index (χ4v) is 1.25. The molecule has 1 amide bonds. The van der Waals surface area contributed by atoms with Gasteiger partial charge in [-0.15, -0.1) is 0 Å². The van der Waals surface area contributed by atoms with Gasteiger partial charge in [0, 0.05) is 24.2 Å². The van der Waals surface area contributed by atoms with Gasteiger partial charge < -0.3 is 0 Å². The molecule has 0 saturated heterocycles. The van der Waals surface area contributed by atoms with Crippen molar-refractivity contribution in [1.29, 1.82) is 0 Å². The van der Waals surface area contributed by atoms with E-state index in [0.717, 1.165) is 12.2 Å². The highest BCUT2D eigenvalue weighted by Gasteiger charge is 2.01. The maximum atomic E-state index is 11.4. The zero-order valence-electron chi connectivity index (χ0n) is 8.51. The van der Waals surface area contributed by atoms with Crippen LogP contribution in [-0.2, 0) is 0 Å². The average Bonchev–Trinajstić information content (AvgIpc) is 2.30. The molecule has 1 N–H and O–H groups in total. The largest absolute Gasteiger partial charge is 0.271 e. The van der Waals surface area contributed by atoms with Crippen molar-refractivity contribution in [2.75, 3.05) is 12.0 Å². The highest BCUT2D eigenvalue weighted by molar-refractivity contribution is 7.98. The van der Waals surface area contributed by atoms with Gasteiger partial charge in [0.2, 0.25) is 0 Å². The predicted octanol–water partition coefficient (Wildman–Crippen LogP) is 1.55. The highest BCUT2D eigenvalue weighted by atomic mass is 32.2. The van der Waals surface area contributed by atoms with E-state index in [-0.39, 0.29) is 5.91 Å². The number of carbonyl (C=O) groups is 1. The van der Waals surface area contributed by atoms with Crippen LogP contribution in [0.5, 0.6) is 0 Å². The molecule has 0 aliphatic carbocycles. The van der Waals surface area contributed by atoms with Gasteiger partial charge in [-0.25, -0.2) is 5.43 Å². The van der Waals surface area contributed by atoms with E-state index < -0.39 is 0 Å². The normalized spacial score (nSPS) is 10.5. The summed E-state index contributed by atoms with van der Waals surface area (Å²) in [6.07, 6.45) is 7.75. The molecule has 0 aromatic carbocycles. The maximum Gasteiger partial charge on any atom is 0.271 e. The lowest BCUT2D eigenvalue weighted by Gasteiger charge is -1.97. The molecule has 0 unspecified atom stereocenters. The Morgan fingerprint density at radius 3 is 3.00 bits per heavy atom. The number of hydrogen-bond donors (Lipinski definition) is 1. The number of amides is 1. The molecule has 0 spiro atoms. The van der Waals surface area contributed by atoms with Crippen molar-refractivity contribution in [3.05, 3.63) is 30.1 Å². The zero-order valence-corrected chi connectivity index (χ0v) is 9.33. The van der Waals surface area contributed by atoms with Crippen molar-refractivity contribution in [3.63, 3.8) is 0 Å². The summed E-state index contributed by atoms with van der Waals surface area (Å²) in [5.41, 5.74) is 3.01. The minimum absolute atomic E-state index is 0.210. The van der Waals surface area contributed by atoms with Crippen molar-refractivity contribution >= 4 is 23.9 Å². The summed E-state index contributed by atoms with van der Waals surface area (Å²) in [4.78, 5) is 15.2. The Hall–Kier alpha value is -1.36. The smallest absolute Gasteiger partial charge is 0.267 e. The van der Waals surface area contributed by atoms with E-state index in [1.807, 2.05) is 6.26 Å². The van der Waals surface area contributed by atoms with Crippen LogP contribution in [0.3, 0.4) is 0 Å². The van der Waals surface area contributed by atoms with Gasteiger partial charge in [-0.2, -0.15) is 16.9 Å². The van der Waals surface area contributed by atoms with Gasteiger partial charge in [0.15, 0.2) is 0 Å². The van der Waals surface area contributed by atoms with Crippen LogP contribution in [0.1, 0.15) is 16.8 Å². The fraction of sp³-hybridized carbons (Fsp3) is 0.300. The molecule has 0 atom stereocenters. The Balaban J connectivity index is 2.34. The Morgan fingerprint density at radius 2 is 2.33 bits per heavy atom. The van der Waals surface area contributed by atoms with E-state index >= 15 is 0 Å². The lowest BCUT2D eigenvalue weighted by atomic mass is 10.3. The van der Waals surface area contributed by atoms with Gasteiger partial charge >= 0.3 is 0 Å². The van der Waals surface area contributed by atoms with Gasteiger partial charge in [-0.1, -0.05) is 0 Å². The number of carbonyl (C=O) groups excluding carboxylic acids is 1. The maximum absolute atomic E-state index is 11.4.